The molecule has 0 atom stereocenters. The number of carbonyl (C=O) groups excluding carboxylic acids is 1. The molecule has 0 saturated heterocycles. The zero-order chi connectivity index (χ0) is 15.5. The maximum Gasteiger partial charge on any atom is 0.321 e. The summed E-state index contributed by atoms with van der Waals surface area (Å²) in [4.78, 5) is 16.9. The molecule has 0 unspecified atom stereocenters. The van der Waals surface area contributed by atoms with Gasteiger partial charge in [0.2, 0.25) is 0 Å². The highest BCUT2D eigenvalue weighted by Gasteiger charge is 2.11. The third-order valence-electron chi connectivity index (χ3n) is 3.52. The largest absolute Gasteiger partial charge is 0.361 e. The van der Waals surface area contributed by atoms with E-state index in [0.717, 1.165) is 22.2 Å². The zero-order valence-corrected chi connectivity index (χ0v) is 12.1. The second-order valence-corrected chi connectivity index (χ2v) is 5.16. The number of nitrogens with one attached hydrogen (secondary N) is 2. The molecule has 4 nitrogen and oxygen atoms in total. The van der Waals surface area contributed by atoms with Gasteiger partial charge in [-0.25, -0.2) is 9.18 Å². The number of benzene rings is 2. The van der Waals surface area contributed by atoms with Crippen LogP contribution in [0.5, 0.6) is 0 Å². The first-order chi connectivity index (χ1) is 10.6. The lowest BCUT2D eigenvalue weighted by molar-refractivity contribution is 0.220. The van der Waals surface area contributed by atoms with Crippen LogP contribution in [0.15, 0.2) is 54.7 Å². The quantitative estimate of drug-likeness (QED) is 0.755. The van der Waals surface area contributed by atoms with Crippen LogP contribution in [0, 0.1) is 5.82 Å². The van der Waals surface area contributed by atoms with Gasteiger partial charge in [0.15, 0.2) is 0 Å². The first-order valence-electron chi connectivity index (χ1n) is 6.96. The van der Waals surface area contributed by atoms with Crippen LogP contribution in [0.25, 0.3) is 10.9 Å². The predicted molar refractivity (Wildman–Crippen MR) is 85.2 cm³/mol. The first kappa shape index (κ1) is 14.1. The maximum absolute atomic E-state index is 12.9. The van der Waals surface area contributed by atoms with E-state index < -0.39 is 0 Å². The molecule has 112 valence electrons. The van der Waals surface area contributed by atoms with Gasteiger partial charge >= 0.3 is 6.03 Å². The predicted octanol–water partition coefficient (Wildman–Crippen LogP) is 3.97. The lowest BCUT2D eigenvalue weighted by atomic mass is 10.2. The fourth-order valence-corrected chi connectivity index (χ4v) is 2.34. The number of rotatable bonds is 3. The fourth-order valence-electron chi connectivity index (χ4n) is 2.34. The van der Waals surface area contributed by atoms with E-state index >= 15 is 0 Å². The van der Waals surface area contributed by atoms with Crippen molar-refractivity contribution in [3.05, 3.63) is 66.1 Å². The lowest BCUT2D eigenvalue weighted by Gasteiger charge is -2.18. The number of urea groups is 1. The minimum absolute atomic E-state index is 0.210. The summed E-state index contributed by atoms with van der Waals surface area (Å²) in [7, 11) is 1.70. The number of fused-ring (bicyclic) bond motifs is 1. The first-order valence-corrected chi connectivity index (χ1v) is 6.96. The molecule has 0 aliphatic carbocycles. The molecule has 2 amide bonds. The second kappa shape index (κ2) is 5.89. The average Bonchev–Trinajstić information content (AvgIpc) is 2.99. The van der Waals surface area contributed by atoms with Crippen molar-refractivity contribution in [2.75, 3.05) is 12.4 Å². The summed E-state index contributed by atoms with van der Waals surface area (Å²) < 4.78 is 12.9. The van der Waals surface area contributed by atoms with Crippen LogP contribution < -0.4 is 5.32 Å². The van der Waals surface area contributed by atoms with Gasteiger partial charge in [-0.3, -0.25) is 0 Å². The summed E-state index contributed by atoms with van der Waals surface area (Å²) in [5, 5.41) is 3.86. The van der Waals surface area contributed by atoms with Crippen molar-refractivity contribution in [1.82, 2.24) is 9.88 Å². The summed E-state index contributed by atoms with van der Waals surface area (Å²) in [5.74, 6) is -0.282. The van der Waals surface area contributed by atoms with E-state index in [4.69, 9.17) is 0 Å². The number of anilines is 1. The second-order valence-electron chi connectivity index (χ2n) is 5.16. The zero-order valence-electron chi connectivity index (χ0n) is 12.1. The van der Waals surface area contributed by atoms with Gasteiger partial charge in [-0.05, 0) is 35.9 Å². The SMILES string of the molecule is CN(Cc1ccc(F)cc1)C(=O)Nc1cccc2[nH]ccc12. The van der Waals surface area contributed by atoms with Crippen LogP contribution in [0.1, 0.15) is 5.56 Å². The van der Waals surface area contributed by atoms with Gasteiger partial charge in [0.25, 0.3) is 0 Å². The molecular weight excluding hydrogens is 281 g/mol. The van der Waals surface area contributed by atoms with Crippen molar-refractivity contribution in [2.24, 2.45) is 0 Å². The van der Waals surface area contributed by atoms with E-state index in [1.807, 2.05) is 30.5 Å². The Balaban J connectivity index is 1.71. The highest BCUT2D eigenvalue weighted by molar-refractivity contribution is 6.00. The molecule has 1 heterocycles. The maximum atomic E-state index is 12.9. The molecule has 3 aromatic rings. The molecule has 2 N–H and O–H groups in total. The number of hydrogen-bond donors (Lipinski definition) is 2. The third-order valence-corrected chi connectivity index (χ3v) is 3.52. The average molecular weight is 297 g/mol. The van der Waals surface area contributed by atoms with Crippen molar-refractivity contribution in [3.8, 4) is 0 Å². The van der Waals surface area contributed by atoms with E-state index in [-0.39, 0.29) is 11.8 Å². The van der Waals surface area contributed by atoms with Gasteiger partial charge in [-0.15, -0.1) is 0 Å². The van der Waals surface area contributed by atoms with Gasteiger partial charge in [-0.1, -0.05) is 18.2 Å². The molecule has 0 radical (unpaired) electrons. The Morgan fingerprint density at radius 3 is 2.73 bits per heavy atom. The molecule has 2 aromatic carbocycles. The fraction of sp³-hybridized carbons (Fsp3) is 0.118. The Bertz CT molecular complexity index is 795. The van der Waals surface area contributed by atoms with Crippen LogP contribution in [0.3, 0.4) is 0 Å². The van der Waals surface area contributed by atoms with E-state index in [0.29, 0.717) is 6.54 Å². The van der Waals surface area contributed by atoms with E-state index in [2.05, 4.69) is 10.3 Å². The number of nitrogens with zero attached hydrogens (tertiary/aromatic N) is 1. The van der Waals surface area contributed by atoms with Crippen molar-refractivity contribution in [2.45, 2.75) is 6.54 Å². The summed E-state index contributed by atoms with van der Waals surface area (Å²) in [6, 6.07) is 13.5. The van der Waals surface area contributed by atoms with Crippen LogP contribution in [-0.2, 0) is 6.54 Å². The van der Waals surface area contributed by atoms with Gasteiger partial charge < -0.3 is 15.2 Å². The topological polar surface area (TPSA) is 48.1 Å². The Kier molecular flexibility index (Phi) is 3.78. The minimum atomic E-state index is -0.282. The standard InChI is InChI=1S/C17H16FN3O/c1-21(11-12-5-7-13(18)8-6-12)17(22)20-16-4-2-3-15-14(16)9-10-19-15/h2-10,19H,11H2,1H3,(H,20,22). The number of aromatic nitrogens is 1. The Morgan fingerprint density at radius 1 is 1.18 bits per heavy atom. The summed E-state index contributed by atoms with van der Waals surface area (Å²) in [6.07, 6.45) is 1.84. The molecule has 0 bridgehead atoms. The number of carbonyl (C=O) groups is 1. The lowest BCUT2D eigenvalue weighted by Crippen LogP contribution is -2.30. The third kappa shape index (κ3) is 2.93. The van der Waals surface area contributed by atoms with Crippen molar-refractivity contribution < 1.29 is 9.18 Å². The minimum Gasteiger partial charge on any atom is -0.361 e. The molecule has 0 spiro atoms. The molecular formula is C17H16FN3O. The summed E-state index contributed by atoms with van der Waals surface area (Å²) in [5.41, 5.74) is 2.60. The Hall–Kier alpha value is -2.82. The number of halogens is 1. The van der Waals surface area contributed by atoms with E-state index in [1.165, 1.54) is 12.1 Å². The van der Waals surface area contributed by atoms with Crippen LogP contribution in [0.2, 0.25) is 0 Å². The number of H-pyrrole nitrogens is 1. The summed E-state index contributed by atoms with van der Waals surface area (Å²) in [6.45, 7) is 0.412. The highest BCUT2D eigenvalue weighted by atomic mass is 19.1. The molecule has 5 heteroatoms. The smallest absolute Gasteiger partial charge is 0.321 e. The molecule has 22 heavy (non-hydrogen) atoms. The molecule has 3 rings (SSSR count). The number of amides is 2. The molecule has 0 aliphatic heterocycles. The van der Waals surface area contributed by atoms with Gasteiger partial charge in [0, 0.05) is 30.7 Å². The van der Waals surface area contributed by atoms with Gasteiger partial charge in [0.05, 0.1) is 5.69 Å². The number of aromatic amines is 1. The van der Waals surface area contributed by atoms with Gasteiger partial charge in [0.1, 0.15) is 5.82 Å². The highest BCUT2D eigenvalue weighted by Crippen LogP contribution is 2.22. The monoisotopic (exact) mass is 297 g/mol. The Morgan fingerprint density at radius 2 is 1.95 bits per heavy atom. The van der Waals surface area contributed by atoms with Crippen molar-refractivity contribution in [1.29, 1.82) is 0 Å². The van der Waals surface area contributed by atoms with E-state index in [9.17, 15) is 9.18 Å². The van der Waals surface area contributed by atoms with Crippen molar-refractivity contribution >= 4 is 22.6 Å². The Labute approximate surface area is 127 Å². The number of hydrogen-bond acceptors (Lipinski definition) is 1. The van der Waals surface area contributed by atoms with Crippen LogP contribution in [0.4, 0.5) is 14.9 Å². The molecule has 0 aliphatic rings. The van der Waals surface area contributed by atoms with Crippen LogP contribution >= 0.6 is 0 Å². The van der Waals surface area contributed by atoms with Crippen LogP contribution in [-0.4, -0.2) is 23.0 Å². The van der Waals surface area contributed by atoms with Crippen molar-refractivity contribution in [3.63, 3.8) is 0 Å². The molecule has 0 fully saturated rings. The molecule has 1 aromatic heterocycles. The molecule has 0 saturated carbocycles. The summed E-state index contributed by atoms with van der Waals surface area (Å²) >= 11 is 0. The van der Waals surface area contributed by atoms with Gasteiger partial charge in [-0.2, -0.15) is 0 Å². The van der Waals surface area contributed by atoms with E-state index in [1.54, 1.807) is 24.1 Å². The normalized spacial score (nSPS) is 10.6.